The summed E-state index contributed by atoms with van der Waals surface area (Å²) in [6.07, 6.45) is 2.15. The monoisotopic (exact) mass is 285 g/mol. The normalized spacial score (nSPS) is 12.6. The van der Waals surface area contributed by atoms with Crippen molar-refractivity contribution in [3.05, 3.63) is 52.3 Å². The fourth-order valence-electron chi connectivity index (χ4n) is 2.93. The molecule has 0 spiro atoms. The van der Waals surface area contributed by atoms with Crippen LogP contribution in [-0.2, 0) is 13.5 Å². The van der Waals surface area contributed by atoms with Gasteiger partial charge < -0.3 is 5.32 Å². The van der Waals surface area contributed by atoms with Gasteiger partial charge in [-0.2, -0.15) is 5.10 Å². The van der Waals surface area contributed by atoms with Gasteiger partial charge >= 0.3 is 0 Å². The maximum absolute atomic E-state index is 4.50. The lowest BCUT2D eigenvalue weighted by Gasteiger charge is -2.21. The van der Waals surface area contributed by atoms with Crippen molar-refractivity contribution in [2.75, 3.05) is 6.54 Å². The van der Waals surface area contributed by atoms with Crippen LogP contribution in [0.25, 0.3) is 0 Å². The first-order chi connectivity index (χ1) is 10.0. The van der Waals surface area contributed by atoms with E-state index < -0.39 is 0 Å². The summed E-state index contributed by atoms with van der Waals surface area (Å²) in [5.41, 5.74) is 6.54. The average molecular weight is 285 g/mol. The number of aromatic nitrogens is 2. The van der Waals surface area contributed by atoms with Gasteiger partial charge in [-0.25, -0.2) is 0 Å². The van der Waals surface area contributed by atoms with Crippen molar-refractivity contribution in [2.24, 2.45) is 7.05 Å². The summed E-state index contributed by atoms with van der Waals surface area (Å²) in [7, 11) is 2.04. The summed E-state index contributed by atoms with van der Waals surface area (Å²) in [4.78, 5) is 0. The van der Waals surface area contributed by atoms with Crippen LogP contribution in [0.15, 0.2) is 24.3 Å². The Balaban J connectivity index is 2.30. The van der Waals surface area contributed by atoms with E-state index in [9.17, 15) is 0 Å². The molecule has 0 saturated heterocycles. The second-order valence-corrected chi connectivity index (χ2v) is 5.92. The minimum Gasteiger partial charge on any atom is -0.308 e. The van der Waals surface area contributed by atoms with Gasteiger partial charge in [0.25, 0.3) is 0 Å². The Kier molecular flexibility index (Phi) is 5.18. The van der Waals surface area contributed by atoms with Crippen molar-refractivity contribution >= 4 is 0 Å². The van der Waals surface area contributed by atoms with Crippen LogP contribution in [0.3, 0.4) is 0 Å². The molecule has 0 saturated carbocycles. The smallest absolute Gasteiger partial charge is 0.0597 e. The number of nitrogens with one attached hydrogen (secondary N) is 1. The zero-order valence-electron chi connectivity index (χ0n) is 13.9. The van der Waals surface area contributed by atoms with Gasteiger partial charge in [-0.05, 0) is 62.9 Å². The van der Waals surface area contributed by atoms with Crippen LogP contribution in [0.2, 0.25) is 0 Å². The van der Waals surface area contributed by atoms with Crippen LogP contribution in [0.5, 0.6) is 0 Å². The number of nitrogens with zero attached hydrogens (tertiary/aromatic N) is 2. The number of benzene rings is 1. The second-order valence-electron chi connectivity index (χ2n) is 5.92. The molecule has 1 unspecified atom stereocenters. The molecule has 3 heteroatoms. The van der Waals surface area contributed by atoms with Gasteiger partial charge in [0.05, 0.1) is 17.4 Å². The summed E-state index contributed by atoms with van der Waals surface area (Å²) in [6, 6.07) is 9.05. The summed E-state index contributed by atoms with van der Waals surface area (Å²) >= 11 is 0. The third-order valence-corrected chi connectivity index (χ3v) is 4.09. The van der Waals surface area contributed by atoms with Crippen molar-refractivity contribution in [1.29, 1.82) is 0 Å². The SMILES string of the molecule is CCCNC(Cc1c(C)cccc1C)c1cc(C)nn1C. The fraction of sp³-hybridized carbons (Fsp3) is 0.500. The number of hydrogen-bond acceptors (Lipinski definition) is 2. The molecule has 21 heavy (non-hydrogen) atoms. The van der Waals surface area contributed by atoms with Gasteiger partial charge in [-0.3, -0.25) is 4.68 Å². The van der Waals surface area contributed by atoms with E-state index in [0.717, 1.165) is 25.1 Å². The highest BCUT2D eigenvalue weighted by Gasteiger charge is 2.18. The Morgan fingerprint density at radius 2 is 1.86 bits per heavy atom. The van der Waals surface area contributed by atoms with Gasteiger partial charge in [0.2, 0.25) is 0 Å². The molecule has 0 aliphatic carbocycles. The molecule has 0 fully saturated rings. The van der Waals surface area contributed by atoms with Crippen LogP contribution in [-0.4, -0.2) is 16.3 Å². The number of aryl methyl sites for hydroxylation is 4. The standard InChI is InChI=1S/C18H27N3/c1-6-10-19-17(18-11-15(4)20-21(18)5)12-16-13(2)8-7-9-14(16)3/h7-9,11,17,19H,6,10,12H2,1-5H3. The molecule has 1 N–H and O–H groups in total. The fourth-order valence-corrected chi connectivity index (χ4v) is 2.93. The van der Waals surface area contributed by atoms with E-state index in [0.29, 0.717) is 6.04 Å². The molecule has 1 aromatic carbocycles. The van der Waals surface area contributed by atoms with Crippen LogP contribution >= 0.6 is 0 Å². The van der Waals surface area contributed by atoms with E-state index >= 15 is 0 Å². The predicted octanol–water partition coefficient (Wildman–Crippen LogP) is 3.63. The molecule has 2 aromatic rings. The molecule has 0 radical (unpaired) electrons. The van der Waals surface area contributed by atoms with E-state index in [4.69, 9.17) is 0 Å². The van der Waals surface area contributed by atoms with Crippen molar-refractivity contribution in [3.8, 4) is 0 Å². The molecular formula is C18H27N3. The summed E-state index contributed by atoms with van der Waals surface area (Å²) in [5, 5.41) is 8.19. The number of hydrogen-bond donors (Lipinski definition) is 1. The Hall–Kier alpha value is -1.61. The Bertz CT molecular complexity index is 578. The van der Waals surface area contributed by atoms with Crippen molar-refractivity contribution in [2.45, 2.75) is 46.6 Å². The van der Waals surface area contributed by atoms with Gasteiger partial charge in [-0.15, -0.1) is 0 Å². The molecule has 3 nitrogen and oxygen atoms in total. The third kappa shape index (κ3) is 3.73. The van der Waals surface area contributed by atoms with E-state index in [1.54, 1.807) is 0 Å². The molecule has 0 aliphatic heterocycles. The van der Waals surface area contributed by atoms with Crippen LogP contribution in [0.1, 0.15) is 47.5 Å². The van der Waals surface area contributed by atoms with Crippen molar-refractivity contribution < 1.29 is 0 Å². The minimum atomic E-state index is 0.316. The zero-order chi connectivity index (χ0) is 15.4. The highest BCUT2D eigenvalue weighted by Crippen LogP contribution is 2.23. The quantitative estimate of drug-likeness (QED) is 0.878. The number of rotatable bonds is 6. The van der Waals surface area contributed by atoms with Crippen molar-refractivity contribution in [1.82, 2.24) is 15.1 Å². The van der Waals surface area contributed by atoms with E-state index in [2.05, 4.69) is 62.4 Å². The van der Waals surface area contributed by atoms with Gasteiger partial charge in [0.1, 0.15) is 0 Å². The lowest BCUT2D eigenvalue weighted by atomic mass is 9.95. The van der Waals surface area contributed by atoms with Gasteiger partial charge in [0, 0.05) is 7.05 Å². The topological polar surface area (TPSA) is 29.9 Å². The van der Waals surface area contributed by atoms with E-state index in [-0.39, 0.29) is 0 Å². The van der Waals surface area contributed by atoms with Crippen molar-refractivity contribution in [3.63, 3.8) is 0 Å². The van der Waals surface area contributed by atoms with E-state index in [1.165, 1.54) is 22.4 Å². The Morgan fingerprint density at radius 3 is 2.38 bits per heavy atom. The molecule has 0 aliphatic rings. The summed E-state index contributed by atoms with van der Waals surface area (Å²) < 4.78 is 2.01. The first-order valence-electron chi connectivity index (χ1n) is 7.82. The molecule has 114 valence electrons. The molecular weight excluding hydrogens is 258 g/mol. The molecule has 0 amide bonds. The summed E-state index contributed by atoms with van der Waals surface area (Å²) in [6.45, 7) is 9.69. The Labute approximate surface area is 128 Å². The Morgan fingerprint density at radius 1 is 1.19 bits per heavy atom. The van der Waals surface area contributed by atoms with Gasteiger partial charge in [0.15, 0.2) is 0 Å². The van der Waals surface area contributed by atoms with Crippen LogP contribution < -0.4 is 5.32 Å². The lowest BCUT2D eigenvalue weighted by molar-refractivity contribution is 0.492. The average Bonchev–Trinajstić information content (AvgIpc) is 2.76. The highest BCUT2D eigenvalue weighted by atomic mass is 15.3. The van der Waals surface area contributed by atoms with Gasteiger partial charge in [-0.1, -0.05) is 25.1 Å². The first kappa shape index (κ1) is 15.8. The maximum atomic E-state index is 4.50. The molecule has 1 atom stereocenters. The molecule has 1 heterocycles. The third-order valence-electron chi connectivity index (χ3n) is 4.09. The lowest BCUT2D eigenvalue weighted by Crippen LogP contribution is -2.26. The van der Waals surface area contributed by atoms with Crippen LogP contribution in [0.4, 0.5) is 0 Å². The highest BCUT2D eigenvalue weighted by molar-refractivity contribution is 5.35. The first-order valence-corrected chi connectivity index (χ1v) is 7.82. The second kappa shape index (κ2) is 6.90. The predicted molar refractivity (Wildman–Crippen MR) is 88.6 cm³/mol. The largest absolute Gasteiger partial charge is 0.308 e. The summed E-state index contributed by atoms with van der Waals surface area (Å²) in [5.74, 6) is 0. The van der Waals surface area contributed by atoms with Crippen LogP contribution in [0, 0.1) is 20.8 Å². The molecule has 1 aromatic heterocycles. The zero-order valence-corrected chi connectivity index (χ0v) is 13.9. The molecule has 0 bridgehead atoms. The minimum absolute atomic E-state index is 0.316. The van der Waals surface area contributed by atoms with E-state index in [1.807, 2.05) is 11.7 Å². The molecule has 2 rings (SSSR count). The maximum Gasteiger partial charge on any atom is 0.0597 e.